The van der Waals surface area contributed by atoms with E-state index in [1.54, 1.807) is 4.90 Å². The first kappa shape index (κ1) is 13.0. The molecule has 5 nitrogen and oxygen atoms in total. The third kappa shape index (κ3) is 2.07. The van der Waals surface area contributed by atoms with Gasteiger partial charge in [0.1, 0.15) is 0 Å². The van der Waals surface area contributed by atoms with E-state index < -0.39 is 0 Å². The molecule has 0 radical (unpaired) electrons. The van der Waals surface area contributed by atoms with Crippen molar-refractivity contribution in [2.75, 3.05) is 44.3 Å². The van der Waals surface area contributed by atoms with E-state index in [0.717, 1.165) is 39.4 Å². The number of primary amides is 1. The highest BCUT2D eigenvalue weighted by Crippen LogP contribution is 2.59. The molecule has 2 heterocycles. The molecule has 1 aromatic rings. The number of amides is 2. The van der Waals surface area contributed by atoms with Crippen molar-refractivity contribution in [1.82, 2.24) is 4.90 Å². The summed E-state index contributed by atoms with van der Waals surface area (Å²) in [6, 6.07) is 8.59. The molecule has 2 unspecified atom stereocenters. The molecule has 2 aliphatic heterocycles. The third-order valence-electron chi connectivity index (χ3n) is 5.28. The average Bonchev–Trinajstić information content (AvgIpc) is 3.10. The minimum absolute atomic E-state index is 0.179. The molecule has 2 atom stereocenters. The quantitative estimate of drug-likeness (QED) is 0.888. The number of nitrogens with zero attached hydrogens (tertiary/aromatic N) is 2. The number of anilines is 1. The lowest BCUT2D eigenvalue weighted by atomic mass is 9.94. The second-order valence-electron chi connectivity index (χ2n) is 6.42. The highest BCUT2D eigenvalue weighted by Gasteiger charge is 2.61. The van der Waals surface area contributed by atoms with Crippen molar-refractivity contribution in [3.8, 4) is 0 Å². The number of benzene rings is 1. The summed E-state index contributed by atoms with van der Waals surface area (Å²) in [6.07, 6.45) is 1.19. The number of morpholine rings is 1. The minimum Gasteiger partial charge on any atom is -0.378 e. The second kappa shape index (κ2) is 4.63. The summed E-state index contributed by atoms with van der Waals surface area (Å²) in [5.74, 6) is 0.597. The van der Waals surface area contributed by atoms with Gasteiger partial charge in [0.15, 0.2) is 0 Å². The molecule has 1 aromatic carbocycles. The molecular formula is C16H21N3O2. The number of piperidine rings is 1. The highest BCUT2D eigenvalue weighted by molar-refractivity contribution is 5.73. The van der Waals surface area contributed by atoms with Gasteiger partial charge < -0.3 is 20.3 Å². The van der Waals surface area contributed by atoms with Gasteiger partial charge in [-0.3, -0.25) is 0 Å². The number of ether oxygens (including phenoxy) is 1. The minimum atomic E-state index is -0.286. The standard InChI is InChI=1S/C16H21N3O2/c17-15(20)19-10-13-9-16(13,11-19)12-1-3-14(4-2-12)18-5-7-21-8-6-18/h1-4,13H,5-11H2,(H2,17,20). The molecule has 0 aromatic heterocycles. The summed E-state index contributed by atoms with van der Waals surface area (Å²) < 4.78 is 5.39. The van der Waals surface area contributed by atoms with Gasteiger partial charge in [-0.1, -0.05) is 12.1 Å². The van der Waals surface area contributed by atoms with Crippen LogP contribution >= 0.6 is 0 Å². The Morgan fingerprint density at radius 3 is 2.57 bits per heavy atom. The molecule has 5 heteroatoms. The molecule has 3 fully saturated rings. The van der Waals surface area contributed by atoms with Gasteiger partial charge in [0.25, 0.3) is 0 Å². The van der Waals surface area contributed by atoms with Crippen LogP contribution in [0.1, 0.15) is 12.0 Å². The zero-order valence-corrected chi connectivity index (χ0v) is 12.1. The fraction of sp³-hybridized carbons (Fsp3) is 0.562. The maximum atomic E-state index is 11.3. The molecule has 2 saturated heterocycles. The van der Waals surface area contributed by atoms with Crippen molar-refractivity contribution in [3.63, 3.8) is 0 Å². The Morgan fingerprint density at radius 2 is 1.95 bits per heavy atom. The fourth-order valence-corrected chi connectivity index (χ4v) is 3.92. The van der Waals surface area contributed by atoms with Crippen LogP contribution in [-0.4, -0.2) is 50.3 Å². The number of hydrogen-bond donors (Lipinski definition) is 1. The molecule has 4 rings (SSSR count). The lowest BCUT2D eigenvalue weighted by Gasteiger charge is -2.29. The molecule has 0 bridgehead atoms. The zero-order valence-electron chi connectivity index (χ0n) is 12.1. The molecule has 112 valence electrons. The van der Waals surface area contributed by atoms with Crippen LogP contribution in [0.3, 0.4) is 0 Å². The van der Waals surface area contributed by atoms with E-state index in [1.807, 2.05) is 0 Å². The van der Waals surface area contributed by atoms with Crippen LogP contribution in [-0.2, 0) is 10.2 Å². The van der Waals surface area contributed by atoms with Gasteiger partial charge in [-0.15, -0.1) is 0 Å². The molecule has 0 spiro atoms. The molecule has 2 N–H and O–H groups in total. The number of hydrogen-bond acceptors (Lipinski definition) is 3. The number of carbonyl (C=O) groups is 1. The Labute approximate surface area is 124 Å². The number of rotatable bonds is 2. The smallest absolute Gasteiger partial charge is 0.314 e. The largest absolute Gasteiger partial charge is 0.378 e. The second-order valence-corrected chi connectivity index (χ2v) is 6.42. The number of urea groups is 1. The van der Waals surface area contributed by atoms with Crippen molar-refractivity contribution in [2.45, 2.75) is 11.8 Å². The molecule has 1 saturated carbocycles. The summed E-state index contributed by atoms with van der Waals surface area (Å²) in [5, 5.41) is 0. The topological polar surface area (TPSA) is 58.8 Å². The van der Waals surface area contributed by atoms with E-state index in [4.69, 9.17) is 10.5 Å². The van der Waals surface area contributed by atoms with Crippen molar-refractivity contribution in [2.24, 2.45) is 11.7 Å². The predicted molar refractivity (Wildman–Crippen MR) is 80.4 cm³/mol. The van der Waals surface area contributed by atoms with E-state index >= 15 is 0 Å². The molecule has 21 heavy (non-hydrogen) atoms. The number of carbonyl (C=O) groups excluding carboxylic acids is 1. The first-order valence-electron chi connectivity index (χ1n) is 7.67. The van der Waals surface area contributed by atoms with E-state index in [-0.39, 0.29) is 11.4 Å². The summed E-state index contributed by atoms with van der Waals surface area (Å²) in [5.41, 5.74) is 8.21. The monoisotopic (exact) mass is 287 g/mol. The van der Waals surface area contributed by atoms with E-state index in [9.17, 15) is 4.79 Å². The van der Waals surface area contributed by atoms with Crippen LogP contribution in [0.2, 0.25) is 0 Å². The van der Waals surface area contributed by atoms with Crippen LogP contribution in [0, 0.1) is 5.92 Å². The average molecular weight is 287 g/mol. The Morgan fingerprint density at radius 1 is 1.24 bits per heavy atom. The zero-order chi connectivity index (χ0) is 14.4. The normalized spacial score (nSPS) is 31.1. The molecule has 1 aliphatic carbocycles. The van der Waals surface area contributed by atoms with Gasteiger partial charge in [-0.05, 0) is 30.0 Å². The van der Waals surface area contributed by atoms with Gasteiger partial charge in [0.05, 0.1) is 13.2 Å². The fourth-order valence-electron chi connectivity index (χ4n) is 3.92. The molecule has 2 amide bonds. The summed E-state index contributed by atoms with van der Waals surface area (Å²) in [4.78, 5) is 15.5. The van der Waals surface area contributed by atoms with Crippen LogP contribution in [0.5, 0.6) is 0 Å². The van der Waals surface area contributed by atoms with E-state index in [1.165, 1.54) is 17.7 Å². The Bertz CT molecular complexity index is 553. The van der Waals surface area contributed by atoms with E-state index in [0.29, 0.717) is 5.92 Å². The highest BCUT2D eigenvalue weighted by atomic mass is 16.5. The Balaban J connectivity index is 1.51. The van der Waals surface area contributed by atoms with Gasteiger partial charge in [0.2, 0.25) is 0 Å². The lowest BCUT2D eigenvalue weighted by Crippen LogP contribution is -2.37. The van der Waals surface area contributed by atoms with E-state index in [2.05, 4.69) is 29.2 Å². The predicted octanol–water partition coefficient (Wildman–Crippen LogP) is 1.18. The van der Waals surface area contributed by atoms with Crippen LogP contribution < -0.4 is 10.6 Å². The number of fused-ring (bicyclic) bond motifs is 1. The maximum Gasteiger partial charge on any atom is 0.314 e. The summed E-state index contributed by atoms with van der Waals surface area (Å²) >= 11 is 0. The Hall–Kier alpha value is -1.75. The van der Waals surface area contributed by atoms with Crippen molar-refractivity contribution in [1.29, 1.82) is 0 Å². The van der Waals surface area contributed by atoms with Gasteiger partial charge in [-0.25, -0.2) is 4.79 Å². The van der Waals surface area contributed by atoms with Crippen LogP contribution in [0.15, 0.2) is 24.3 Å². The van der Waals surface area contributed by atoms with Crippen molar-refractivity contribution in [3.05, 3.63) is 29.8 Å². The SMILES string of the molecule is NC(=O)N1CC2CC2(c2ccc(N3CCOCC3)cc2)C1. The number of likely N-dealkylation sites (tertiary alicyclic amines) is 1. The van der Waals surface area contributed by atoms with Crippen LogP contribution in [0.25, 0.3) is 0 Å². The third-order valence-corrected chi connectivity index (χ3v) is 5.28. The summed E-state index contributed by atoms with van der Waals surface area (Å²) in [6.45, 7) is 5.14. The van der Waals surface area contributed by atoms with Gasteiger partial charge >= 0.3 is 6.03 Å². The lowest BCUT2D eigenvalue weighted by molar-refractivity contribution is 0.122. The first-order chi connectivity index (χ1) is 10.2. The summed E-state index contributed by atoms with van der Waals surface area (Å²) in [7, 11) is 0. The van der Waals surface area contributed by atoms with Gasteiger partial charge in [-0.2, -0.15) is 0 Å². The van der Waals surface area contributed by atoms with Crippen molar-refractivity contribution >= 4 is 11.7 Å². The Kier molecular flexibility index (Phi) is 2.85. The molecular weight excluding hydrogens is 266 g/mol. The first-order valence-corrected chi connectivity index (χ1v) is 7.67. The van der Waals surface area contributed by atoms with Gasteiger partial charge in [0, 0.05) is 37.3 Å². The van der Waals surface area contributed by atoms with Crippen LogP contribution in [0.4, 0.5) is 10.5 Å². The number of nitrogens with two attached hydrogens (primary N) is 1. The molecule has 3 aliphatic rings. The van der Waals surface area contributed by atoms with Crippen molar-refractivity contribution < 1.29 is 9.53 Å². The maximum absolute atomic E-state index is 11.3.